The van der Waals surface area contributed by atoms with Gasteiger partial charge in [-0.05, 0) is 18.2 Å². The minimum Gasteiger partial charge on any atom is -0.383 e. The number of hydrogen-bond acceptors (Lipinski definition) is 9. The molecule has 0 aromatic heterocycles. The summed E-state index contributed by atoms with van der Waals surface area (Å²) in [6.45, 7) is 2.83. The highest BCUT2D eigenvalue weighted by Crippen LogP contribution is 2.36. The molecule has 0 unspecified atom stereocenters. The maximum absolute atomic E-state index is 11.4. The summed E-state index contributed by atoms with van der Waals surface area (Å²) in [4.78, 5) is 0. The Hall–Kier alpha value is -1.37. The summed E-state index contributed by atoms with van der Waals surface area (Å²) in [5.74, 6) is -0.170. The second-order valence-corrected chi connectivity index (χ2v) is 10.9. The Morgan fingerprint density at radius 3 is 1.80 bits per heavy atom. The summed E-state index contributed by atoms with van der Waals surface area (Å²) in [7, 11) is -11.4. The van der Waals surface area contributed by atoms with Crippen molar-refractivity contribution in [3.63, 3.8) is 0 Å². The van der Waals surface area contributed by atoms with Crippen LogP contribution in [0.1, 0.15) is 19.4 Å². The summed E-state index contributed by atoms with van der Waals surface area (Å²) in [5.41, 5.74) is -0.845. The van der Waals surface area contributed by atoms with Crippen LogP contribution < -0.4 is 8.37 Å². The van der Waals surface area contributed by atoms with Gasteiger partial charge >= 0.3 is 20.2 Å². The van der Waals surface area contributed by atoms with Crippen molar-refractivity contribution in [2.24, 2.45) is 0 Å². The molecule has 0 spiro atoms. The highest BCUT2D eigenvalue weighted by Gasteiger charge is 2.29. The molecule has 0 aliphatic heterocycles. The van der Waals surface area contributed by atoms with Gasteiger partial charge in [-0.2, -0.15) is 25.3 Å². The minimum absolute atomic E-state index is 0.0780. The van der Waals surface area contributed by atoms with Gasteiger partial charge in [0.2, 0.25) is 0 Å². The van der Waals surface area contributed by atoms with Gasteiger partial charge < -0.3 is 8.37 Å². The van der Waals surface area contributed by atoms with Crippen molar-refractivity contribution in [1.82, 2.24) is 0 Å². The summed E-state index contributed by atoms with van der Waals surface area (Å²) < 4.78 is 82.3. The average Bonchev–Trinajstić information content (AvgIpc) is 2.34. The van der Waals surface area contributed by atoms with Crippen LogP contribution in [-0.4, -0.2) is 50.6 Å². The van der Waals surface area contributed by atoms with Gasteiger partial charge in [0.15, 0.2) is 0 Å². The Morgan fingerprint density at radius 2 is 1.36 bits per heavy atom. The van der Waals surface area contributed by atoms with Crippen molar-refractivity contribution < 1.29 is 37.8 Å². The lowest BCUT2D eigenvalue weighted by Gasteiger charge is -2.26. The molecular formula is C13H20O9S3. The fourth-order valence-electron chi connectivity index (χ4n) is 1.83. The van der Waals surface area contributed by atoms with E-state index in [1.54, 1.807) is 13.8 Å². The lowest BCUT2D eigenvalue weighted by atomic mass is 9.85. The molecular weight excluding hydrogens is 396 g/mol. The van der Waals surface area contributed by atoms with Crippen LogP contribution in [-0.2, 0) is 40.0 Å². The molecule has 1 aromatic carbocycles. The van der Waals surface area contributed by atoms with Crippen molar-refractivity contribution in [3.05, 3.63) is 23.8 Å². The third-order valence-corrected chi connectivity index (χ3v) is 4.33. The summed E-state index contributed by atoms with van der Waals surface area (Å²) in [6, 6.07) is 3.70. The van der Waals surface area contributed by atoms with E-state index in [2.05, 4.69) is 0 Å². The SMILES string of the molecule is CC(C)(COS(C)(=O)=O)c1cc(OS(C)(=O)=O)ccc1OS(C)(=O)=O. The Bertz CT molecular complexity index is 942. The first kappa shape index (κ1) is 21.7. The zero-order chi connectivity index (χ0) is 19.7. The Morgan fingerprint density at radius 1 is 0.840 bits per heavy atom. The van der Waals surface area contributed by atoms with Crippen LogP contribution in [0.25, 0.3) is 0 Å². The fraction of sp³-hybridized carbons (Fsp3) is 0.538. The van der Waals surface area contributed by atoms with Crippen LogP contribution in [0, 0.1) is 0 Å². The topological polar surface area (TPSA) is 130 Å². The molecule has 25 heavy (non-hydrogen) atoms. The van der Waals surface area contributed by atoms with Crippen LogP contribution in [0.15, 0.2) is 18.2 Å². The monoisotopic (exact) mass is 416 g/mol. The van der Waals surface area contributed by atoms with Crippen LogP contribution >= 0.6 is 0 Å². The fourth-order valence-corrected chi connectivity index (χ4v) is 3.27. The van der Waals surface area contributed by atoms with E-state index in [9.17, 15) is 25.3 Å². The van der Waals surface area contributed by atoms with Crippen LogP contribution in [0.5, 0.6) is 11.5 Å². The normalized spacial score (nSPS) is 13.5. The van der Waals surface area contributed by atoms with Gasteiger partial charge in [-0.1, -0.05) is 13.8 Å². The number of hydrogen-bond donors (Lipinski definition) is 0. The van der Waals surface area contributed by atoms with Crippen molar-refractivity contribution in [2.45, 2.75) is 19.3 Å². The van der Waals surface area contributed by atoms with E-state index in [1.807, 2.05) is 0 Å². The van der Waals surface area contributed by atoms with E-state index in [-0.39, 0.29) is 23.7 Å². The quantitative estimate of drug-likeness (QED) is 0.560. The molecule has 144 valence electrons. The van der Waals surface area contributed by atoms with Gasteiger partial charge in [0, 0.05) is 11.0 Å². The molecule has 1 rings (SSSR count). The minimum atomic E-state index is -3.87. The zero-order valence-electron chi connectivity index (χ0n) is 14.3. The molecule has 0 saturated heterocycles. The first-order valence-corrected chi connectivity index (χ1v) is 12.2. The van der Waals surface area contributed by atoms with Crippen molar-refractivity contribution in [1.29, 1.82) is 0 Å². The van der Waals surface area contributed by atoms with Crippen molar-refractivity contribution in [2.75, 3.05) is 25.4 Å². The highest BCUT2D eigenvalue weighted by atomic mass is 32.2. The molecule has 0 saturated carbocycles. The molecule has 0 heterocycles. The molecule has 12 heteroatoms. The van der Waals surface area contributed by atoms with Gasteiger partial charge in [0.1, 0.15) is 11.5 Å². The average molecular weight is 416 g/mol. The largest absolute Gasteiger partial charge is 0.383 e. The van der Waals surface area contributed by atoms with Crippen LogP contribution in [0.4, 0.5) is 0 Å². The van der Waals surface area contributed by atoms with E-state index in [1.165, 1.54) is 18.2 Å². The zero-order valence-corrected chi connectivity index (χ0v) is 16.8. The Kier molecular flexibility index (Phi) is 6.15. The van der Waals surface area contributed by atoms with E-state index in [0.29, 0.717) is 0 Å². The van der Waals surface area contributed by atoms with Gasteiger partial charge in [0.05, 0.1) is 25.4 Å². The van der Waals surface area contributed by atoms with Gasteiger partial charge in [0.25, 0.3) is 10.1 Å². The first-order valence-electron chi connectivity index (χ1n) is 6.76. The van der Waals surface area contributed by atoms with Crippen molar-refractivity contribution in [3.8, 4) is 11.5 Å². The molecule has 0 N–H and O–H groups in total. The third kappa shape index (κ3) is 8.03. The maximum Gasteiger partial charge on any atom is 0.306 e. The molecule has 1 aromatic rings. The second kappa shape index (κ2) is 7.09. The van der Waals surface area contributed by atoms with Gasteiger partial charge in [-0.15, -0.1) is 0 Å². The van der Waals surface area contributed by atoms with E-state index < -0.39 is 35.8 Å². The molecule has 0 atom stereocenters. The predicted octanol–water partition coefficient (Wildman–Crippen LogP) is 0.617. The predicted molar refractivity (Wildman–Crippen MR) is 91.2 cm³/mol. The third-order valence-electron chi connectivity index (χ3n) is 2.80. The van der Waals surface area contributed by atoms with Crippen molar-refractivity contribution >= 4 is 30.4 Å². The lowest BCUT2D eigenvalue weighted by Crippen LogP contribution is -2.27. The number of benzene rings is 1. The molecule has 0 bridgehead atoms. The maximum atomic E-state index is 11.4. The number of rotatable bonds is 8. The summed E-state index contributed by atoms with van der Waals surface area (Å²) >= 11 is 0. The highest BCUT2D eigenvalue weighted by molar-refractivity contribution is 7.86. The van der Waals surface area contributed by atoms with E-state index >= 15 is 0 Å². The van der Waals surface area contributed by atoms with Crippen LogP contribution in [0.3, 0.4) is 0 Å². The summed E-state index contributed by atoms with van der Waals surface area (Å²) in [6.07, 6.45) is 2.57. The Labute approximate surface area is 148 Å². The molecule has 0 amide bonds. The molecule has 0 fully saturated rings. The first-order chi connectivity index (χ1) is 11.0. The summed E-state index contributed by atoms with van der Waals surface area (Å²) in [5, 5.41) is 0. The van der Waals surface area contributed by atoms with E-state index in [0.717, 1.165) is 18.8 Å². The van der Waals surface area contributed by atoms with Gasteiger partial charge in [-0.25, -0.2) is 0 Å². The standard InChI is InChI=1S/C13H20O9S3/c1-13(2,9-20-23(3,14)15)11-8-10(21-24(4,16)17)6-7-12(11)22-25(5,18)19/h6-8H,9H2,1-5H3. The van der Waals surface area contributed by atoms with Crippen LogP contribution in [0.2, 0.25) is 0 Å². The second-order valence-electron chi connectivity index (χ2n) is 6.08. The van der Waals surface area contributed by atoms with Gasteiger partial charge in [-0.3, -0.25) is 4.18 Å². The molecule has 0 aliphatic rings. The smallest absolute Gasteiger partial charge is 0.306 e. The molecule has 9 nitrogen and oxygen atoms in total. The lowest BCUT2D eigenvalue weighted by molar-refractivity contribution is 0.245. The molecule has 0 aliphatic carbocycles. The Balaban J connectivity index is 3.41. The van der Waals surface area contributed by atoms with E-state index in [4.69, 9.17) is 12.5 Å². The molecule has 0 radical (unpaired) electrons.